The topological polar surface area (TPSA) is 77.5 Å². The van der Waals surface area contributed by atoms with Crippen LogP contribution in [0.15, 0.2) is 23.1 Å². The standard InChI is InChI=1S/C12H13ClO5S/c1-7(14)8(2)18-12(15)10-6-9(19(3,16)17)4-5-11(10)13/h4-6,8H,1-3H3/t8-/m0/s1. The third-order valence-corrected chi connectivity index (χ3v) is 3.88. The smallest absolute Gasteiger partial charge is 0.340 e. The van der Waals surface area contributed by atoms with Gasteiger partial charge in [-0.15, -0.1) is 0 Å². The third kappa shape index (κ3) is 4.04. The average Bonchev–Trinajstić information content (AvgIpc) is 2.27. The maximum absolute atomic E-state index is 11.8. The molecule has 1 rings (SSSR count). The molecule has 104 valence electrons. The van der Waals surface area contributed by atoms with Crippen molar-refractivity contribution in [2.24, 2.45) is 0 Å². The van der Waals surface area contributed by atoms with Crippen molar-refractivity contribution in [3.8, 4) is 0 Å². The van der Waals surface area contributed by atoms with Crippen LogP contribution in [0.4, 0.5) is 0 Å². The Morgan fingerprint density at radius 3 is 2.37 bits per heavy atom. The van der Waals surface area contributed by atoms with Gasteiger partial charge in [0.05, 0.1) is 15.5 Å². The number of esters is 1. The van der Waals surface area contributed by atoms with Crippen LogP contribution in [-0.4, -0.2) is 32.5 Å². The lowest BCUT2D eigenvalue weighted by Crippen LogP contribution is -2.22. The normalized spacial score (nSPS) is 12.8. The first kappa shape index (κ1) is 15.7. The molecule has 0 aliphatic heterocycles. The Morgan fingerprint density at radius 1 is 1.32 bits per heavy atom. The van der Waals surface area contributed by atoms with E-state index in [9.17, 15) is 18.0 Å². The molecule has 5 nitrogen and oxygen atoms in total. The van der Waals surface area contributed by atoms with Gasteiger partial charge in [-0.25, -0.2) is 13.2 Å². The van der Waals surface area contributed by atoms with Crippen molar-refractivity contribution in [2.45, 2.75) is 24.8 Å². The quantitative estimate of drug-likeness (QED) is 0.794. The summed E-state index contributed by atoms with van der Waals surface area (Å²) in [6.07, 6.45) is 0.106. The molecule has 0 N–H and O–H groups in total. The zero-order valence-corrected chi connectivity index (χ0v) is 12.2. The average molecular weight is 305 g/mol. The van der Waals surface area contributed by atoms with Crippen LogP contribution in [0.3, 0.4) is 0 Å². The van der Waals surface area contributed by atoms with Gasteiger partial charge in [-0.3, -0.25) is 4.79 Å². The summed E-state index contributed by atoms with van der Waals surface area (Å²) in [4.78, 5) is 22.8. The van der Waals surface area contributed by atoms with Crippen molar-refractivity contribution in [2.75, 3.05) is 6.26 Å². The Hall–Kier alpha value is -1.40. The molecule has 1 aromatic carbocycles. The second-order valence-corrected chi connectivity index (χ2v) is 6.49. The van der Waals surface area contributed by atoms with Crippen molar-refractivity contribution >= 4 is 33.2 Å². The molecule has 0 aliphatic rings. The van der Waals surface area contributed by atoms with Gasteiger partial charge < -0.3 is 4.74 Å². The largest absolute Gasteiger partial charge is 0.451 e. The van der Waals surface area contributed by atoms with Gasteiger partial charge in [0.2, 0.25) is 0 Å². The third-order valence-electron chi connectivity index (χ3n) is 2.44. The summed E-state index contributed by atoms with van der Waals surface area (Å²) < 4.78 is 27.7. The number of rotatable bonds is 4. The number of ether oxygens (including phenoxy) is 1. The van der Waals surface area contributed by atoms with Crippen LogP contribution in [0.25, 0.3) is 0 Å². The highest BCUT2D eigenvalue weighted by Crippen LogP contribution is 2.21. The minimum Gasteiger partial charge on any atom is -0.451 e. The first-order chi connectivity index (χ1) is 8.62. The van der Waals surface area contributed by atoms with Gasteiger partial charge in [-0.2, -0.15) is 0 Å². The molecular formula is C12H13ClO5S. The molecule has 0 radical (unpaired) electrons. The summed E-state index contributed by atoms with van der Waals surface area (Å²) in [5.41, 5.74) is -0.0855. The Labute approximate surface area is 116 Å². The summed E-state index contributed by atoms with van der Waals surface area (Å²) in [6.45, 7) is 2.71. The maximum Gasteiger partial charge on any atom is 0.340 e. The van der Waals surface area contributed by atoms with Crippen molar-refractivity contribution in [3.05, 3.63) is 28.8 Å². The number of hydrogen-bond acceptors (Lipinski definition) is 5. The van der Waals surface area contributed by atoms with Gasteiger partial charge in [0.15, 0.2) is 21.7 Å². The van der Waals surface area contributed by atoms with E-state index in [1.54, 1.807) is 0 Å². The molecule has 0 unspecified atom stereocenters. The van der Waals surface area contributed by atoms with Crippen molar-refractivity contribution < 1.29 is 22.7 Å². The van der Waals surface area contributed by atoms with Gasteiger partial charge in [-0.1, -0.05) is 11.6 Å². The van der Waals surface area contributed by atoms with E-state index in [4.69, 9.17) is 16.3 Å². The second kappa shape index (κ2) is 5.71. The minimum atomic E-state index is -3.45. The highest BCUT2D eigenvalue weighted by Gasteiger charge is 2.20. The van der Waals surface area contributed by atoms with E-state index in [-0.39, 0.29) is 21.3 Å². The summed E-state index contributed by atoms with van der Waals surface area (Å²) in [5, 5.41) is 0.0631. The zero-order chi connectivity index (χ0) is 14.8. The molecule has 0 saturated carbocycles. The highest BCUT2D eigenvalue weighted by atomic mass is 35.5. The Bertz CT molecular complexity index is 621. The molecule has 0 amide bonds. The number of ketones is 1. The van der Waals surface area contributed by atoms with Crippen molar-refractivity contribution in [3.63, 3.8) is 0 Å². The number of carbonyl (C=O) groups excluding carboxylic acids is 2. The van der Waals surface area contributed by atoms with E-state index < -0.39 is 21.9 Å². The van der Waals surface area contributed by atoms with Gasteiger partial charge in [0, 0.05) is 6.26 Å². The molecule has 0 spiro atoms. The fourth-order valence-electron chi connectivity index (χ4n) is 1.20. The predicted octanol–water partition coefficient (Wildman–Crippen LogP) is 1.88. The van der Waals surface area contributed by atoms with Gasteiger partial charge >= 0.3 is 5.97 Å². The van der Waals surface area contributed by atoms with Crippen LogP contribution in [0.1, 0.15) is 24.2 Å². The highest BCUT2D eigenvalue weighted by molar-refractivity contribution is 7.90. The molecular weight excluding hydrogens is 292 g/mol. The van der Waals surface area contributed by atoms with Crippen LogP contribution in [0.5, 0.6) is 0 Å². The monoisotopic (exact) mass is 304 g/mol. The molecule has 0 heterocycles. The lowest BCUT2D eigenvalue weighted by atomic mass is 10.2. The molecule has 7 heteroatoms. The minimum absolute atomic E-state index is 0.0423. The lowest BCUT2D eigenvalue weighted by Gasteiger charge is -2.11. The summed E-state index contributed by atoms with van der Waals surface area (Å²) in [6, 6.07) is 3.72. The Morgan fingerprint density at radius 2 is 1.89 bits per heavy atom. The zero-order valence-electron chi connectivity index (χ0n) is 10.6. The van der Waals surface area contributed by atoms with Gasteiger partial charge in [-0.05, 0) is 32.0 Å². The van der Waals surface area contributed by atoms with E-state index in [0.717, 1.165) is 12.3 Å². The van der Waals surface area contributed by atoms with E-state index in [1.807, 2.05) is 0 Å². The van der Waals surface area contributed by atoms with Crippen LogP contribution in [-0.2, 0) is 19.4 Å². The lowest BCUT2D eigenvalue weighted by molar-refractivity contribution is -0.124. The molecule has 0 saturated heterocycles. The number of halogens is 1. The van der Waals surface area contributed by atoms with Crippen molar-refractivity contribution in [1.82, 2.24) is 0 Å². The first-order valence-corrected chi connectivity index (χ1v) is 7.61. The molecule has 0 bridgehead atoms. The predicted molar refractivity (Wildman–Crippen MR) is 70.1 cm³/mol. The van der Waals surface area contributed by atoms with E-state index in [0.29, 0.717) is 0 Å². The fourth-order valence-corrected chi connectivity index (χ4v) is 2.04. The Kier molecular flexibility index (Phi) is 4.70. The molecule has 0 aromatic heterocycles. The molecule has 0 aliphatic carbocycles. The number of hydrogen-bond donors (Lipinski definition) is 0. The number of sulfone groups is 1. The summed E-state index contributed by atoms with van der Waals surface area (Å²) >= 11 is 5.82. The van der Waals surface area contributed by atoms with Crippen molar-refractivity contribution in [1.29, 1.82) is 0 Å². The van der Waals surface area contributed by atoms with Gasteiger partial charge in [0.25, 0.3) is 0 Å². The van der Waals surface area contributed by atoms with Crippen LogP contribution in [0.2, 0.25) is 5.02 Å². The van der Waals surface area contributed by atoms with Crippen LogP contribution >= 0.6 is 11.6 Å². The maximum atomic E-state index is 11.8. The van der Waals surface area contributed by atoms with E-state index >= 15 is 0 Å². The summed E-state index contributed by atoms with van der Waals surface area (Å²) in [5.74, 6) is -1.15. The van der Waals surface area contributed by atoms with E-state index in [2.05, 4.69) is 0 Å². The summed E-state index contributed by atoms with van der Waals surface area (Å²) in [7, 11) is -3.45. The second-order valence-electron chi connectivity index (χ2n) is 4.07. The first-order valence-electron chi connectivity index (χ1n) is 5.34. The molecule has 1 atom stereocenters. The Balaban J connectivity index is 3.13. The van der Waals surface area contributed by atoms with Crippen LogP contribution in [0, 0.1) is 0 Å². The molecule has 0 fully saturated rings. The fraction of sp³-hybridized carbons (Fsp3) is 0.333. The van der Waals surface area contributed by atoms with Gasteiger partial charge in [0.1, 0.15) is 0 Å². The van der Waals surface area contributed by atoms with E-state index in [1.165, 1.54) is 26.0 Å². The number of benzene rings is 1. The molecule has 1 aromatic rings. The number of carbonyl (C=O) groups is 2. The number of Topliss-reactive ketones (excluding diaryl/α,β-unsaturated/α-hetero) is 1. The van der Waals surface area contributed by atoms with Crippen LogP contribution < -0.4 is 0 Å². The molecule has 19 heavy (non-hydrogen) atoms. The SMILES string of the molecule is CC(=O)[C@H](C)OC(=O)c1cc(S(C)(=O)=O)ccc1Cl.